The molecule has 0 aromatic heterocycles. The van der Waals surface area contributed by atoms with E-state index in [2.05, 4.69) is 33.4 Å². The number of halogens is 2. The highest BCUT2D eigenvalue weighted by atomic mass is 35.5. The monoisotopic (exact) mass is 593 g/mol. The van der Waals surface area contributed by atoms with Crippen LogP contribution in [0.1, 0.15) is 47.9 Å². The summed E-state index contributed by atoms with van der Waals surface area (Å²) in [6.07, 6.45) is 0.706. The molecule has 3 amide bonds. The fraction of sp³-hybridized carbons (Fsp3) is 0.290. The molecule has 1 aliphatic rings. The molecule has 3 aromatic carbocycles. The number of carbonyl (C=O) groups is 3. The molecule has 220 valence electrons. The number of amides is 3. The minimum atomic E-state index is -0.911. The number of ether oxygens (including phenoxy) is 1. The van der Waals surface area contributed by atoms with E-state index in [1.165, 1.54) is 23.8 Å². The number of rotatable bonds is 9. The van der Waals surface area contributed by atoms with Gasteiger partial charge in [-0.3, -0.25) is 20.3 Å². The van der Waals surface area contributed by atoms with Crippen LogP contribution in [0.15, 0.2) is 72.8 Å². The van der Waals surface area contributed by atoms with Gasteiger partial charge < -0.3 is 20.7 Å². The zero-order chi connectivity index (χ0) is 30.1. The first-order valence-electron chi connectivity index (χ1n) is 13.6. The van der Waals surface area contributed by atoms with Gasteiger partial charge in [-0.1, -0.05) is 66.2 Å². The van der Waals surface area contributed by atoms with E-state index in [0.29, 0.717) is 17.0 Å². The Morgan fingerprint density at radius 1 is 1.10 bits per heavy atom. The van der Waals surface area contributed by atoms with E-state index in [1.54, 1.807) is 31.2 Å². The molecule has 42 heavy (non-hydrogen) atoms. The van der Waals surface area contributed by atoms with Gasteiger partial charge in [0.15, 0.2) is 0 Å². The van der Waals surface area contributed by atoms with Gasteiger partial charge in [-0.2, -0.15) is 0 Å². The van der Waals surface area contributed by atoms with E-state index in [0.717, 1.165) is 18.5 Å². The molecule has 0 unspecified atom stereocenters. The molecule has 3 aromatic rings. The molecule has 1 heterocycles. The van der Waals surface area contributed by atoms with Crippen LogP contribution >= 0.6 is 11.6 Å². The average Bonchev–Trinajstić information content (AvgIpc) is 3.01. The number of carbonyl (C=O) groups excluding carboxylic acids is 3. The molecule has 0 radical (unpaired) electrons. The molecule has 11 heteroatoms. The fourth-order valence-corrected chi connectivity index (χ4v) is 4.86. The van der Waals surface area contributed by atoms with Crippen LogP contribution in [0.4, 0.5) is 9.18 Å². The summed E-state index contributed by atoms with van der Waals surface area (Å²) >= 11 is 5.84. The molecule has 5 N–H and O–H groups in total. The van der Waals surface area contributed by atoms with Crippen molar-refractivity contribution in [3.05, 3.63) is 106 Å². The van der Waals surface area contributed by atoms with Crippen LogP contribution < -0.4 is 21.3 Å². The summed E-state index contributed by atoms with van der Waals surface area (Å²) in [4.78, 5) is 37.5. The first-order valence-corrected chi connectivity index (χ1v) is 14.0. The predicted octanol–water partition coefficient (Wildman–Crippen LogP) is 4.39. The summed E-state index contributed by atoms with van der Waals surface area (Å²) in [5, 5.41) is 19.6. The number of piperidine rings is 1. The van der Waals surface area contributed by atoms with Crippen LogP contribution in [0.25, 0.3) is 0 Å². The maximum Gasteiger partial charge on any atom is 0.413 e. The molecule has 0 aliphatic carbocycles. The van der Waals surface area contributed by atoms with Crippen LogP contribution in [-0.4, -0.2) is 42.4 Å². The first kappa shape index (κ1) is 30.7. The lowest BCUT2D eigenvalue weighted by Crippen LogP contribution is -2.53. The van der Waals surface area contributed by atoms with Crippen molar-refractivity contribution < 1.29 is 23.5 Å². The zero-order valence-corrected chi connectivity index (χ0v) is 23.8. The first-order chi connectivity index (χ1) is 20.2. The van der Waals surface area contributed by atoms with Gasteiger partial charge in [0.05, 0.1) is 6.04 Å². The quantitative estimate of drug-likeness (QED) is 0.185. The number of alkyl carbamates (subject to hydrolysis) is 1. The molecule has 1 aliphatic heterocycles. The van der Waals surface area contributed by atoms with E-state index in [-0.39, 0.29) is 48.3 Å². The summed E-state index contributed by atoms with van der Waals surface area (Å²) < 4.78 is 18.8. The Hall–Kier alpha value is -4.28. The lowest BCUT2D eigenvalue weighted by atomic mass is 9.86. The van der Waals surface area contributed by atoms with Gasteiger partial charge in [0.1, 0.15) is 24.3 Å². The van der Waals surface area contributed by atoms with E-state index in [1.807, 2.05) is 18.2 Å². The minimum Gasteiger partial charge on any atom is -0.444 e. The molecule has 1 saturated heterocycles. The van der Waals surface area contributed by atoms with Gasteiger partial charge in [0.2, 0.25) is 11.8 Å². The van der Waals surface area contributed by atoms with E-state index < -0.39 is 18.0 Å². The van der Waals surface area contributed by atoms with Gasteiger partial charge in [-0.05, 0) is 61.6 Å². The standard InChI is InChI=1S/C31H33ClFN5O4/c1-19(37-30(40)27-16-23(13-14-35-27)21-5-3-2-4-6-21)29(39)36-17-20-7-9-22(10-8-20)28(34)38-31(41)42-18-24-15-25(32)11-12-26(24)33/h2-12,15,19,23,27,35H,13-14,16-18H2,1H3,(H,36,39)(H,37,40)(H2,34,38,41)/t19-,23-,27+/m0/s1. The second kappa shape index (κ2) is 14.6. The Kier molecular flexibility index (Phi) is 10.6. The topological polar surface area (TPSA) is 132 Å². The van der Waals surface area contributed by atoms with Crippen LogP contribution in [0, 0.1) is 11.2 Å². The second-order valence-corrected chi connectivity index (χ2v) is 10.5. The van der Waals surface area contributed by atoms with Crippen molar-refractivity contribution >= 4 is 35.3 Å². The molecule has 1 fully saturated rings. The van der Waals surface area contributed by atoms with Crippen molar-refractivity contribution in [3.63, 3.8) is 0 Å². The molecule has 0 bridgehead atoms. The number of hydrogen-bond acceptors (Lipinski definition) is 6. The maximum atomic E-state index is 13.8. The van der Waals surface area contributed by atoms with Gasteiger partial charge in [-0.25, -0.2) is 9.18 Å². The summed E-state index contributed by atoms with van der Waals surface area (Å²) in [6, 6.07) is 19.6. The summed E-state index contributed by atoms with van der Waals surface area (Å²) in [6.45, 7) is 2.24. The number of amidine groups is 1. The van der Waals surface area contributed by atoms with Crippen molar-refractivity contribution in [3.8, 4) is 0 Å². The smallest absolute Gasteiger partial charge is 0.413 e. The van der Waals surface area contributed by atoms with E-state index in [4.69, 9.17) is 21.7 Å². The molecule has 9 nitrogen and oxygen atoms in total. The highest BCUT2D eigenvalue weighted by molar-refractivity contribution is 6.30. The van der Waals surface area contributed by atoms with E-state index in [9.17, 15) is 18.8 Å². The summed E-state index contributed by atoms with van der Waals surface area (Å²) in [7, 11) is 0. The Morgan fingerprint density at radius 3 is 2.57 bits per heavy atom. The minimum absolute atomic E-state index is 0.117. The van der Waals surface area contributed by atoms with E-state index >= 15 is 0 Å². The third-order valence-electron chi connectivity index (χ3n) is 7.05. The fourth-order valence-electron chi connectivity index (χ4n) is 4.66. The molecule has 0 saturated carbocycles. The van der Waals surface area contributed by atoms with Gasteiger partial charge in [-0.15, -0.1) is 0 Å². The van der Waals surface area contributed by atoms with Crippen LogP contribution in [0.5, 0.6) is 0 Å². The Morgan fingerprint density at radius 2 is 1.83 bits per heavy atom. The number of benzene rings is 3. The van der Waals surface area contributed by atoms with Gasteiger partial charge >= 0.3 is 6.09 Å². The van der Waals surface area contributed by atoms with Crippen molar-refractivity contribution in [1.29, 1.82) is 5.41 Å². The Labute approximate surface area is 248 Å². The normalized spacial score (nSPS) is 17.0. The molecule has 4 rings (SSSR count). The second-order valence-electron chi connectivity index (χ2n) is 10.1. The van der Waals surface area contributed by atoms with Crippen LogP contribution in [-0.2, 0) is 27.5 Å². The lowest BCUT2D eigenvalue weighted by Gasteiger charge is -2.30. The highest BCUT2D eigenvalue weighted by Crippen LogP contribution is 2.27. The Bertz CT molecular complexity index is 1420. The number of hydrogen-bond donors (Lipinski definition) is 5. The van der Waals surface area contributed by atoms with Crippen molar-refractivity contribution in [1.82, 2.24) is 21.3 Å². The molecule has 3 atom stereocenters. The highest BCUT2D eigenvalue weighted by Gasteiger charge is 2.29. The molecular weight excluding hydrogens is 561 g/mol. The van der Waals surface area contributed by atoms with Crippen molar-refractivity contribution in [2.45, 2.75) is 50.9 Å². The molecular formula is C31H33ClFN5O4. The van der Waals surface area contributed by atoms with Gasteiger partial charge in [0, 0.05) is 22.7 Å². The van der Waals surface area contributed by atoms with Crippen molar-refractivity contribution in [2.75, 3.05) is 6.54 Å². The number of nitrogens with one attached hydrogen (secondary N) is 5. The summed E-state index contributed by atoms with van der Waals surface area (Å²) in [5.74, 6) is -0.999. The maximum absolute atomic E-state index is 13.8. The zero-order valence-electron chi connectivity index (χ0n) is 23.1. The third kappa shape index (κ3) is 8.61. The van der Waals surface area contributed by atoms with Crippen LogP contribution in [0.2, 0.25) is 5.02 Å². The largest absolute Gasteiger partial charge is 0.444 e. The van der Waals surface area contributed by atoms with Crippen LogP contribution in [0.3, 0.4) is 0 Å². The predicted molar refractivity (Wildman–Crippen MR) is 158 cm³/mol. The SMILES string of the molecule is C[C@H](NC(=O)[C@H]1C[C@@H](c2ccccc2)CCN1)C(=O)NCc1ccc(C(=N)NC(=O)OCc2cc(Cl)ccc2F)cc1. The lowest BCUT2D eigenvalue weighted by molar-refractivity contribution is -0.130. The Balaban J connectivity index is 1.19. The van der Waals surface area contributed by atoms with Crippen molar-refractivity contribution in [2.24, 2.45) is 0 Å². The summed E-state index contributed by atoms with van der Waals surface area (Å²) in [5.41, 5.74) is 2.50. The third-order valence-corrected chi connectivity index (χ3v) is 7.28. The van der Waals surface area contributed by atoms with Gasteiger partial charge in [0.25, 0.3) is 0 Å². The molecule has 0 spiro atoms. The average molecular weight is 594 g/mol.